The number of nitrogens with zero attached hydrogens (tertiary/aromatic N) is 1. The molecular weight excluding hydrogens is 228 g/mol. The summed E-state index contributed by atoms with van der Waals surface area (Å²) in [5.74, 6) is 0. The van der Waals surface area contributed by atoms with E-state index < -0.39 is 0 Å². The van der Waals surface area contributed by atoms with Crippen molar-refractivity contribution >= 4 is 5.69 Å². The van der Waals surface area contributed by atoms with Crippen molar-refractivity contribution in [3.05, 3.63) is 39.9 Å². The molecule has 2 N–H and O–H groups in total. The minimum absolute atomic E-state index is 0.0720. The molecule has 0 amide bonds. The van der Waals surface area contributed by atoms with Crippen LogP contribution in [0.2, 0.25) is 0 Å². The number of nitro benzene ring substituents is 1. The van der Waals surface area contributed by atoms with Gasteiger partial charge in [0, 0.05) is 17.7 Å². The minimum atomic E-state index is -0.339. The summed E-state index contributed by atoms with van der Waals surface area (Å²) in [5.41, 5.74) is 8.05. The average Bonchev–Trinajstić information content (AvgIpc) is 2.40. The summed E-state index contributed by atoms with van der Waals surface area (Å²) >= 11 is 0. The summed E-state index contributed by atoms with van der Waals surface area (Å²) in [7, 11) is 0. The number of non-ortho nitro benzene ring substituents is 1. The van der Waals surface area contributed by atoms with Crippen molar-refractivity contribution in [2.75, 3.05) is 0 Å². The molecular formula is C14H18N2O2. The average molecular weight is 246 g/mol. The smallest absolute Gasteiger partial charge is 0.269 e. The highest BCUT2D eigenvalue weighted by Gasteiger charge is 2.47. The zero-order valence-electron chi connectivity index (χ0n) is 10.4. The van der Waals surface area contributed by atoms with E-state index in [0.29, 0.717) is 0 Å². The van der Waals surface area contributed by atoms with Crippen LogP contribution < -0.4 is 5.73 Å². The van der Waals surface area contributed by atoms with E-state index >= 15 is 0 Å². The van der Waals surface area contributed by atoms with Gasteiger partial charge in [0.05, 0.1) is 4.92 Å². The van der Waals surface area contributed by atoms with Gasteiger partial charge < -0.3 is 5.73 Å². The Balaban J connectivity index is 1.88. The number of benzene rings is 1. The lowest BCUT2D eigenvalue weighted by Crippen LogP contribution is -2.53. The lowest BCUT2D eigenvalue weighted by atomic mass is 9.55. The van der Waals surface area contributed by atoms with Gasteiger partial charge in [-0.3, -0.25) is 10.1 Å². The number of rotatable bonds is 2. The van der Waals surface area contributed by atoms with E-state index in [1.54, 1.807) is 12.1 Å². The Morgan fingerprint density at radius 1 is 1.00 bits per heavy atom. The third-order valence-electron chi connectivity index (χ3n) is 4.99. The van der Waals surface area contributed by atoms with Crippen molar-refractivity contribution in [2.24, 2.45) is 5.73 Å². The molecule has 3 aliphatic rings. The molecule has 4 nitrogen and oxygen atoms in total. The molecule has 4 rings (SSSR count). The molecule has 3 saturated carbocycles. The first-order valence-corrected chi connectivity index (χ1v) is 6.57. The lowest BCUT2D eigenvalue weighted by Gasteiger charge is -2.52. The summed E-state index contributed by atoms with van der Waals surface area (Å²) in [5, 5.41) is 10.7. The molecule has 1 aromatic rings. The highest BCUT2D eigenvalue weighted by Crippen LogP contribution is 2.52. The molecule has 0 spiro atoms. The van der Waals surface area contributed by atoms with Crippen LogP contribution in [-0.2, 0) is 5.41 Å². The van der Waals surface area contributed by atoms with Crippen molar-refractivity contribution in [2.45, 2.75) is 49.5 Å². The highest BCUT2D eigenvalue weighted by atomic mass is 16.6. The molecule has 0 saturated heterocycles. The number of nitro groups is 1. The highest BCUT2D eigenvalue weighted by molar-refractivity contribution is 5.37. The molecule has 4 heteroatoms. The van der Waals surface area contributed by atoms with Gasteiger partial charge in [-0.25, -0.2) is 0 Å². The van der Waals surface area contributed by atoms with Gasteiger partial charge in [0.15, 0.2) is 0 Å². The quantitative estimate of drug-likeness (QED) is 0.644. The van der Waals surface area contributed by atoms with E-state index in [0.717, 1.165) is 38.5 Å². The van der Waals surface area contributed by atoms with Crippen LogP contribution in [0.5, 0.6) is 0 Å². The van der Waals surface area contributed by atoms with Gasteiger partial charge in [0.1, 0.15) is 0 Å². The maximum Gasteiger partial charge on any atom is 0.269 e. The fourth-order valence-electron chi connectivity index (χ4n) is 3.58. The van der Waals surface area contributed by atoms with E-state index in [4.69, 9.17) is 5.73 Å². The Morgan fingerprint density at radius 2 is 1.50 bits per heavy atom. The van der Waals surface area contributed by atoms with Gasteiger partial charge in [-0.15, -0.1) is 0 Å². The van der Waals surface area contributed by atoms with Crippen LogP contribution in [0.25, 0.3) is 0 Å². The molecule has 0 radical (unpaired) electrons. The fraction of sp³-hybridized carbons (Fsp3) is 0.571. The van der Waals surface area contributed by atoms with E-state index in [1.165, 1.54) is 5.56 Å². The Morgan fingerprint density at radius 3 is 1.94 bits per heavy atom. The van der Waals surface area contributed by atoms with Gasteiger partial charge in [0.25, 0.3) is 5.69 Å². The molecule has 18 heavy (non-hydrogen) atoms. The molecule has 0 aromatic heterocycles. The standard InChI is InChI=1S/C14H18N2O2/c15-14-8-5-13(6-9-14,7-10-14)11-1-3-12(4-2-11)16(17)18/h1-4H,5-10,15H2. The molecule has 96 valence electrons. The number of hydrogen-bond acceptors (Lipinski definition) is 3. The monoisotopic (exact) mass is 246 g/mol. The van der Waals surface area contributed by atoms with Crippen LogP contribution in [0.3, 0.4) is 0 Å². The van der Waals surface area contributed by atoms with Crippen LogP contribution in [0.4, 0.5) is 5.69 Å². The summed E-state index contributed by atoms with van der Waals surface area (Å²) in [6.07, 6.45) is 6.64. The van der Waals surface area contributed by atoms with E-state index in [1.807, 2.05) is 12.1 Å². The number of fused-ring (bicyclic) bond motifs is 3. The van der Waals surface area contributed by atoms with Crippen LogP contribution >= 0.6 is 0 Å². The first-order valence-electron chi connectivity index (χ1n) is 6.57. The SMILES string of the molecule is NC12CCC(c3ccc([N+](=O)[O-])cc3)(CC1)CC2. The van der Waals surface area contributed by atoms with E-state index in [9.17, 15) is 10.1 Å². The topological polar surface area (TPSA) is 69.2 Å². The number of hydrogen-bond donors (Lipinski definition) is 1. The maximum absolute atomic E-state index is 10.7. The van der Waals surface area contributed by atoms with Crippen LogP contribution in [0.15, 0.2) is 24.3 Å². The lowest BCUT2D eigenvalue weighted by molar-refractivity contribution is -0.384. The summed E-state index contributed by atoms with van der Waals surface area (Å²) in [6, 6.07) is 7.13. The maximum atomic E-state index is 10.7. The van der Waals surface area contributed by atoms with Crippen molar-refractivity contribution in [1.29, 1.82) is 0 Å². The second-order valence-corrected chi connectivity index (χ2v) is 5.95. The van der Waals surface area contributed by atoms with Gasteiger partial charge >= 0.3 is 0 Å². The van der Waals surface area contributed by atoms with Crippen molar-refractivity contribution in [1.82, 2.24) is 0 Å². The Bertz CT molecular complexity index is 457. The zero-order valence-corrected chi connectivity index (χ0v) is 10.4. The normalized spacial score (nSPS) is 34.5. The Hall–Kier alpha value is -1.42. The van der Waals surface area contributed by atoms with Crippen LogP contribution in [0.1, 0.15) is 44.1 Å². The molecule has 0 atom stereocenters. The molecule has 3 fully saturated rings. The Kier molecular flexibility index (Phi) is 2.45. The summed E-state index contributed by atoms with van der Waals surface area (Å²) in [6.45, 7) is 0. The minimum Gasteiger partial charge on any atom is -0.325 e. The van der Waals surface area contributed by atoms with E-state index in [2.05, 4.69) is 0 Å². The third kappa shape index (κ3) is 1.72. The van der Waals surface area contributed by atoms with E-state index in [-0.39, 0.29) is 21.6 Å². The van der Waals surface area contributed by atoms with Crippen molar-refractivity contribution < 1.29 is 4.92 Å². The fourth-order valence-corrected chi connectivity index (χ4v) is 3.58. The molecule has 0 aliphatic heterocycles. The first-order chi connectivity index (χ1) is 8.53. The predicted molar refractivity (Wildman–Crippen MR) is 69.4 cm³/mol. The van der Waals surface area contributed by atoms with Gasteiger partial charge in [-0.1, -0.05) is 12.1 Å². The zero-order chi connectivity index (χ0) is 12.8. The molecule has 0 heterocycles. The molecule has 3 aliphatic carbocycles. The third-order valence-corrected chi connectivity index (χ3v) is 4.99. The number of nitrogens with two attached hydrogens (primary N) is 1. The molecule has 1 aromatic carbocycles. The molecule has 0 unspecified atom stereocenters. The van der Waals surface area contributed by atoms with Gasteiger partial charge in [0.2, 0.25) is 0 Å². The van der Waals surface area contributed by atoms with Crippen LogP contribution in [-0.4, -0.2) is 10.5 Å². The van der Waals surface area contributed by atoms with Crippen molar-refractivity contribution in [3.63, 3.8) is 0 Å². The summed E-state index contributed by atoms with van der Waals surface area (Å²) in [4.78, 5) is 10.3. The Labute approximate surface area is 106 Å². The van der Waals surface area contributed by atoms with Gasteiger partial charge in [-0.2, -0.15) is 0 Å². The predicted octanol–water partition coefficient (Wildman–Crippen LogP) is 2.90. The summed E-state index contributed by atoms with van der Waals surface area (Å²) < 4.78 is 0. The molecule has 2 bridgehead atoms. The van der Waals surface area contributed by atoms with Gasteiger partial charge in [-0.05, 0) is 49.5 Å². The van der Waals surface area contributed by atoms with Crippen LogP contribution in [0, 0.1) is 10.1 Å². The van der Waals surface area contributed by atoms with Crippen molar-refractivity contribution in [3.8, 4) is 0 Å². The second kappa shape index (κ2) is 3.79. The second-order valence-electron chi connectivity index (χ2n) is 5.95. The first kappa shape index (κ1) is 11.7. The largest absolute Gasteiger partial charge is 0.325 e.